The summed E-state index contributed by atoms with van der Waals surface area (Å²) < 4.78 is 28.2. The zero-order valence-corrected chi connectivity index (χ0v) is 16.8. The molecule has 1 aliphatic heterocycles. The van der Waals surface area contributed by atoms with E-state index in [-0.39, 0.29) is 22.8 Å². The second kappa shape index (κ2) is 6.53. The Morgan fingerprint density at radius 2 is 1.93 bits per heavy atom. The van der Waals surface area contributed by atoms with E-state index in [1.807, 2.05) is 18.7 Å². The fourth-order valence-electron chi connectivity index (χ4n) is 3.54. The Morgan fingerprint density at radius 1 is 1.19 bits per heavy atom. The lowest BCUT2D eigenvalue weighted by Gasteiger charge is -2.22. The van der Waals surface area contributed by atoms with Crippen molar-refractivity contribution in [3.05, 3.63) is 52.5 Å². The summed E-state index contributed by atoms with van der Waals surface area (Å²) in [4.78, 5) is 14.5. The molecule has 0 bridgehead atoms. The predicted molar refractivity (Wildman–Crippen MR) is 107 cm³/mol. The van der Waals surface area contributed by atoms with E-state index in [9.17, 15) is 13.2 Å². The molecule has 0 unspecified atom stereocenters. The van der Waals surface area contributed by atoms with Crippen molar-refractivity contribution in [3.63, 3.8) is 0 Å². The number of carbonyl (C=O) groups excluding carboxylic acids is 1. The molecule has 27 heavy (non-hydrogen) atoms. The first-order chi connectivity index (χ1) is 12.8. The molecule has 1 aliphatic carbocycles. The van der Waals surface area contributed by atoms with E-state index in [4.69, 9.17) is 11.6 Å². The summed E-state index contributed by atoms with van der Waals surface area (Å²) in [6.45, 7) is 3.89. The fourth-order valence-corrected chi connectivity index (χ4v) is 5.01. The Labute approximate surface area is 164 Å². The van der Waals surface area contributed by atoms with Gasteiger partial charge in [0.2, 0.25) is 5.91 Å². The normalized spacial score (nSPS) is 19.1. The van der Waals surface area contributed by atoms with Crippen LogP contribution in [0, 0.1) is 12.8 Å². The van der Waals surface area contributed by atoms with E-state index in [2.05, 4.69) is 4.72 Å². The highest BCUT2D eigenvalue weighted by atomic mass is 35.5. The molecule has 0 spiro atoms. The van der Waals surface area contributed by atoms with Gasteiger partial charge in [-0.25, -0.2) is 8.42 Å². The van der Waals surface area contributed by atoms with Crippen LogP contribution in [0.4, 0.5) is 11.4 Å². The second-order valence-corrected chi connectivity index (χ2v) is 9.50. The molecule has 1 fully saturated rings. The number of nitrogens with one attached hydrogen (secondary N) is 1. The van der Waals surface area contributed by atoms with Crippen LogP contribution in [-0.2, 0) is 21.2 Å². The lowest BCUT2D eigenvalue weighted by molar-refractivity contribution is -0.120. The maximum Gasteiger partial charge on any atom is 0.261 e. The van der Waals surface area contributed by atoms with Crippen LogP contribution in [0.1, 0.15) is 30.9 Å². The van der Waals surface area contributed by atoms with Gasteiger partial charge in [-0.3, -0.25) is 9.52 Å². The number of benzene rings is 2. The van der Waals surface area contributed by atoms with Gasteiger partial charge < -0.3 is 4.90 Å². The summed E-state index contributed by atoms with van der Waals surface area (Å²) in [5.41, 5.74) is 3.01. The number of fused-ring (bicyclic) bond motifs is 1. The average molecular weight is 405 g/mol. The number of aryl methyl sites for hydroxylation is 1. The highest BCUT2D eigenvalue weighted by Gasteiger charge is 2.39. The quantitative estimate of drug-likeness (QED) is 0.832. The highest BCUT2D eigenvalue weighted by molar-refractivity contribution is 7.92. The Bertz CT molecular complexity index is 1030. The highest BCUT2D eigenvalue weighted by Crippen LogP contribution is 2.39. The maximum absolute atomic E-state index is 12.8. The Hall–Kier alpha value is -2.05. The lowest BCUT2D eigenvalue weighted by atomic mass is 10.1. The number of hydrogen-bond acceptors (Lipinski definition) is 3. The third-order valence-electron chi connectivity index (χ3n) is 5.11. The third-order valence-corrected chi connectivity index (χ3v) is 6.79. The molecule has 4 rings (SSSR count). The van der Waals surface area contributed by atoms with Crippen LogP contribution in [0.3, 0.4) is 0 Å². The van der Waals surface area contributed by atoms with Crippen molar-refractivity contribution < 1.29 is 13.2 Å². The summed E-state index contributed by atoms with van der Waals surface area (Å²) in [5.74, 6) is 0.286. The number of anilines is 2. The summed E-state index contributed by atoms with van der Waals surface area (Å²) in [6.07, 6.45) is 2.55. The molecular formula is C20H21ClN2O3S. The minimum atomic E-state index is -3.77. The number of rotatable bonds is 4. The molecule has 1 amide bonds. The van der Waals surface area contributed by atoms with Crippen LogP contribution in [0.2, 0.25) is 5.02 Å². The summed E-state index contributed by atoms with van der Waals surface area (Å²) in [6, 6.07) is 10.2. The molecule has 7 heteroatoms. The van der Waals surface area contributed by atoms with Crippen LogP contribution in [0.25, 0.3) is 0 Å². The van der Waals surface area contributed by atoms with Gasteiger partial charge >= 0.3 is 0 Å². The number of hydrogen-bond donors (Lipinski definition) is 1. The number of nitrogens with zero attached hydrogens (tertiary/aromatic N) is 1. The van der Waals surface area contributed by atoms with Crippen molar-refractivity contribution in [2.24, 2.45) is 5.92 Å². The van der Waals surface area contributed by atoms with E-state index < -0.39 is 10.0 Å². The zero-order valence-electron chi connectivity index (χ0n) is 15.2. The standard InChI is InChI=1S/C20H21ClN2O3S/c1-12-3-7-18(17(21)9-12)22-27(25,26)16-6-8-19-15(11-16)10-13(2)23(19)20(24)14-4-5-14/h3,6-9,11,13-14,22H,4-5,10H2,1-2H3/t13-/m1/s1. The van der Waals surface area contributed by atoms with Crippen molar-refractivity contribution in [3.8, 4) is 0 Å². The number of sulfonamides is 1. The predicted octanol–water partition coefficient (Wildman–Crippen LogP) is 4.14. The SMILES string of the molecule is Cc1ccc(NS(=O)(=O)c2ccc3c(c2)C[C@@H](C)N3C(=O)C2CC2)c(Cl)c1. The van der Waals surface area contributed by atoms with Gasteiger partial charge in [0.25, 0.3) is 10.0 Å². The third kappa shape index (κ3) is 3.44. The molecule has 1 heterocycles. The van der Waals surface area contributed by atoms with Gasteiger partial charge in [-0.1, -0.05) is 17.7 Å². The van der Waals surface area contributed by atoms with Gasteiger partial charge in [-0.05, 0) is 74.6 Å². The minimum Gasteiger partial charge on any atom is -0.309 e. The van der Waals surface area contributed by atoms with Crippen LogP contribution < -0.4 is 9.62 Å². The number of carbonyl (C=O) groups is 1. The molecule has 2 aromatic carbocycles. The van der Waals surface area contributed by atoms with Crippen LogP contribution in [0.5, 0.6) is 0 Å². The smallest absolute Gasteiger partial charge is 0.261 e. The van der Waals surface area contributed by atoms with Crippen molar-refractivity contribution >= 4 is 38.9 Å². The molecule has 0 radical (unpaired) electrons. The Kier molecular flexibility index (Phi) is 4.43. The van der Waals surface area contributed by atoms with Crippen molar-refractivity contribution in [1.29, 1.82) is 0 Å². The first-order valence-electron chi connectivity index (χ1n) is 9.01. The summed E-state index contributed by atoms with van der Waals surface area (Å²) in [5, 5.41) is 0.356. The molecular weight excluding hydrogens is 384 g/mol. The maximum atomic E-state index is 12.8. The fraction of sp³-hybridized carbons (Fsp3) is 0.350. The van der Waals surface area contributed by atoms with Crippen LogP contribution in [-0.4, -0.2) is 20.4 Å². The molecule has 0 saturated heterocycles. The average Bonchev–Trinajstić information content (AvgIpc) is 3.39. The van der Waals surface area contributed by atoms with Crippen LogP contribution >= 0.6 is 11.6 Å². The second-order valence-electron chi connectivity index (χ2n) is 7.41. The van der Waals surface area contributed by atoms with E-state index in [1.165, 1.54) is 0 Å². The van der Waals surface area contributed by atoms with Gasteiger partial charge in [0.05, 0.1) is 15.6 Å². The molecule has 0 aromatic heterocycles. The molecule has 1 saturated carbocycles. The number of halogens is 1. The lowest BCUT2D eigenvalue weighted by Crippen LogP contribution is -2.36. The van der Waals surface area contributed by atoms with Gasteiger partial charge in [0, 0.05) is 17.6 Å². The molecule has 2 aromatic rings. The van der Waals surface area contributed by atoms with E-state index in [0.717, 1.165) is 29.7 Å². The summed E-state index contributed by atoms with van der Waals surface area (Å²) >= 11 is 6.15. The molecule has 1 atom stereocenters. The first kappa shape index (κ1) is 18.3. The Balaban J connectivity index is 1.63. The van der Waals surface area contributed by atoms with Gasteiger partial charge in [-0.15, -0.1) is 0 Å². The zero-order chi connectivity index (χ0) is 19.3. The monoisotopic (exact) mass is 404 g/mol. The summed E-state index contributed by atoms with van der Waals surface area (Å²) in [7, 11) is -3.77. The van der Waals surface area contributed by atoms with E-state index in [0.29, 0.717) is 17.1 Å². The first-order valence-corrected chi connectivity index (χ1v) is 10.9. The molecule has 5 nitrogen and oxygen atoms in total. The van der Waals surface area contributed by atoms with Gasteiger partial charge in [0.15, 0.2) is 0 Å². The van der Waals surface area contributed by atoms with Crippen LogP contribution in [0.15, 0.2) is 41.3 Å². The van der Waals surface area contributed by atoms with Gasteiger partial charge in [-0.2, -0.15) is 0 Å². The minimum absolute atomic E-state index is 0.0468. The topological polar surface area (TPSA) is 66.5 Å². The van der Waals surface area contributed by atoms with Crippen molar-refractivity contribution in [2.75, 3.05) is 9.62 Å². The van der Waals surface area contributed by atoms with Crippen molar-refractivity contribution in [1.82, 2.24) is 0 Å². The number of amides is 1. The van der Waals surface area contributed by atoms with E-state index >= 15 is 0 Å². The van der Waals surface area contributed by atoms with Gasteiger partial charge in [0.1, 0.15) is 0 Å². The molecule has 142 valence electrons. The molecule has 2 aliphatic rings. The Morgan fingerprint density at radius 3 is 2.59 bits per heavy atom. The largest absolute Gasteiger partial charge is 0.309 e. The molecule has 1 N–H and O–H groups in total. The van der Waals surface area contributed by atoms with Crippen molar-refractivity contribution in [2.45, 2.75) is 44.0 Å². The van der Waals surface area contributed by atoms with E-state index in [1.54, 1.807) is 36.4 Å².